The van der Waals surface area contributed by atoms with Crippen molar-refractivity contribution in [3.63, 3.8) is 0 Å². The summed E-state index contributed by atoms with van der Waals surface area (Å²) in [7, 11) is 0. The van der Waals surface area contributed by atoms with Gasteiger partial charge >= 0.3 is 6.09 Å². The van der Waals surface area contributed by atoms with Gasteiger partial charge in [0.25, 0.3) is 0 Å². The Bertz CT molecular complexity index is 564. The van der Waals surface area contributed by atoms with E-state index in [0.29, 0.717) is 11.6 Å². The maximum absolute atomic E-state index is 11.8. The topological polar surface area (TPSA) is 87.0 Å². The monoisotopic (exact) mass is 316 g/mol. The van der Waals surface area contributed by atoms with Crippen molar-refractivity contribution in [1.29, 1.82) is 5.26 Å². The lowest BCUT2D eigenvalue weighted by molar-refractivity contribution is 0.0492. The third kappa shape index (κ3) is 5.78. The van der Waals surface area contributed by atoms with E-state index in [4.69, 9.17) is 10.00 Å². The molecule has 0 radical (unpaired) electrons. The molecule has 1 aromatic rings. The minimum absolute atomic E-state index is 0.164. The lowest BCUT2D eigenvalue weighted by atomic mass is 9.91. The van der Waals surface area contributed by atoms with E-state index in [-0.39, 0.29) is 12.1 Å². The molecule has 2 rings (SSSR count). The quantitative estimate of drug-likeness (QED) is 0.894. The van der Waals surface area contributed by atoms with Crippen molar-refractivity contribution < 1.29 is 9.53 Å². The number of ether oxygens (including phenoxy) is 1. The number of pyridine rings is 1. The lowest BCUT2D eigenvalue weighted by Crippen LogP contribution is -2.42. The fourth-order valence-corrected chi connectivity index (χ4v) is 2.61. The van der Waals surface area contributed by atoms with Gasteiger partial charge in [-0.3, -0.25) is 0 Å². The average Bonchev–Trinajstić information content (AvgIpc) is 2.48. The number of alkyl carbamates (subject to hydrolysis) is 1. The van der Waals surface area contributed by atoms with Crippen molar-refractivity contribution in [2.75, 3.05) is 5.32 Å². The van der Waals surface area contributed by atoms with Gasteiger partial charge in [0.1, 0.15) is 17.5 Å². The number of nitrogens with zero attached hydrogens (tertiary/aromatic N) is 2. The zero-order chi connectivity index (χ0) is 16.9. The highest BCUT2D eigenvalue weighted by atomic mass is 16.6. The number of aromatic nitrogens is 1. The Morgan fingerprint density at radius 1 is 1.26 bits per heavy atom. The van der Waals surface area contributed by atoms with Crippen LogP contribution in [0.2, 0.25) is 0 Å². The summed E-state index contributed by atoms with van der Waals surface area (Å²) >= 11 is 0. The molecule has 0 bridgehead atoms. The average molecular weight is 316 g/mol. The first kappa shape index (κ1) is 17.1. The summed E-state index contributed by atoms with van der Waals surface area (Å²) in [6.45, 7) is 5.58. The van der Waals surface area contributed by atoms with Crippen molar-refractivity contribution in [3.8, 4) is 6.07 Å². The number of amides is 1. The molecule has 0 unspecified atom stereocenters. The van der Waals surface area contributed by atoms with Crippen LogP contribution >= 0.6 is 0 Å². The van der Waals surface area contributed by atoms with Crippen molar-refractivity contribution in [2.24, 2.45) is 0 Å². The number of hydrogen-bond acceptors (Lipinski definition) is 5. The Balaban J connectivity index is 1.75. The van der Waals surface area contributed by atoms with Crippen LogP contribution in [0.25, 0.3) is 0 Å². The zero-order valence-electron chi connectivity index (χ0n) is 13.9. The lowest BCUT2D eigenvalue weighted by Gasteiger charge is -2.30. The Kier molecular flexibility index (Phi) is 5.43. The molecule has 0 spiro atoms. The molecule has 6 nitrogen and oxygen atoms in total. The van der Waals surface area contributed by atoms with Crippen molar-refractivity contribution in [2.45, 2.75) is 64.1 Å². The number of nitrogens with one attached hydrogen (secondary N) is 2. The molecule has 0 aromatic carbocycles. The fourth-order valence-electron chi connectivity index (χ4n) is 2.61. The minimum atomic E-state index is -0.468. The molecule has 0 atom stereocenters. The van der Waals surface area contributed by atoms with Gasteiger partial charge in [-0.2, -0.15) is 5.26 Å². The molecule has 1 saturated carbocycles. The summed E-state index contributed by atoms with van der Waals surface area (Å²) in [5.41, 5.74) is 0.0882. The number of carbonyl (C=O) groups is 1. The smallest absolute Gasteiger partial charge is 0.407 e. The van der Waals surface area contributed by atoms with Gasteiger partial charge in [-0.15, -0.1) is 0 Å². The van der Waals surface area contributed by atoms with Crippen molar-refractivity contribution >= 4 is 11.9 Å². The van der Waals surface area contributed by atoms with E-state index in [1.807, 2.05) is 26.8 Å². The van der Waals surface area contributed by atoms with E-state index in [1.54, 1.807) is 12.3 Å². The highest BCUT2D eigenvalue weighted by molar-refractivity contribution is 5.68. The van der Waals surface area contributed by atoms with Crippen LogP contribution in [0.5, 0.6) is 0 Å². The van der Waals surface area contributed by atoms with Crippen LogP contribution in [0.3, 0.4) is 0 Å². The number of nitriles is 1. The maximum atomic E-state index is 11.8. The van der Waals surface area contributed by atoms with Crippen molar-refractivity contribution in [3.05, 3.63) is 23.9 Å². The largest absolute Gasteiger partial charge is 0.444 e. The van der Waals surface area contributed by atoms with Gasteiger partial charge in [-0.05, 0) is 58.6 Å². The Morgan fingerprint density at radius 3 is 2.43 bits per heavy atom. The molecule has 1 amide bonds. The van der Waals surface area contributed by atoms with Gasteiger partial charge in [0.2, 0.25) is 0 Å². The van der Waals surface area contributed by atoms with E-state index in [1.165, 1.54) is 0 Å². The van der Waals surface area contributed by atoms with E-state index in [9.17, 15) is 4.79 Å². The van der Waals surface area contributed by atoms with E-state index >= 15 is 0 Å². The summed E-state index contributed by atoms with van der Waals surface area (Å²) < 4.78 is 5.28. The molecule has 2 N–H and O–H groups in total. The predicted octanol–water partition coefficient (Wildman–Crippen LogP) is 3.20. The van der Waals surface area contributed by atoms with Crippen LogP contribution < -0.4 is 10.6 Å². The summed E-state index contributed by atoms with van der Waals surface area (Å²) in [5.74, 6) is 0.785. The van der Waals surface area contributed by atoms with Crippen LogP contribution in [-0.2, 0) is 4.74 Å². The van der Waals surface area contributed by atoms with Crippen LogP contribution in [0.1, 0.15) is 52.0 Å². The van der Waals surface area contributed by atoms with Gasteiger partial charge in [0.15, 0.2) is 0 Å². The molecule has 1 fully saturated rings. The maximum Gasteiger partial charge on any atom is 0.407 e. The SMILES string of the molecule is CC(C)(C)OC(=O)NC1CCC(Nc2ccc(C#N)cn2)CC1. The standard InChI is InChI=1S/C17H24N4O2/c1-17(2,3)23-16(22)21-14-7-5-13(6-8-14)20-15-9-4-12(10-18)11-19-15/h4,9,11,13-14H,5-8H2,1-3H3,(H,19,20)(H,21,22). The first-order chi connectivity index (χ1) is 10.9. The zero-order valence-corrected chi connectivity index (χ0v) is 13.9. The molecular weight excluding hydrogens is 292 g/mol. The predicted molar refractivity (Wildman–Crippen MR) is 88.0 cm³/mol. The molecule has 0 aliphatic heterocycles. The Labute approximate surface area is 137 Å². The van der Waals surface area contributed by atoms with Crippen LogP contribution in [0.15, 0.2) is 18.3 Å². The second-order valence-electron chi connectivity index (χ2n) is 6.88. The molecule has 1 aliphatic carbocycles. The number of anilines is 1. The van der Waals surface area contributed by atoms with Crippen LogP contribution in [0.4, 0.5) is 10.6 Å². The van der Waals surface area contributed by atoms with Crippen LogP contribution in [0, 0.1) is 11.3 Å². The molecule has 6 heteroatoms. The van der Waals surface area contributed by atoms with E-state index < -0.39 is 5.60 Å². The van der Waals surface area contributed by atoms with Gasteiger partial charge in [-0.25, -0.2) is 9.78 Å². The van der Waals surface area contributed by atoms with Crippen LogP contribution in [-0.4, -0.2) is 28.8 Å². The fraction of sp³-hybridized carbons (Fsp3) is 0.588. The van der Waals surface area contributed by atoms with Gasteiger partial charge < -0.3 is 15.4 Å². The summed E-state index contributed by atoms with van der Waals surface area (Å²) in [6, 6.07) is 6.14. The first-order valence-electron chi connectivity index (χ1n) is 7.98. The Hall–Kier alpha value is -2.29. The summed E-state index contributed by atoms with van der Waals surface area (Å²) in [5, 5.41) is 15.1. The third-order valence-electron chi connectivity index (χ3n) is 3.69. The second kappa shape index (κ2) is 7.32. The number of hydrogen-bond donors (Lipinski definition) is 2. The number of rotatable bonds is 3. The highest BCUT2D eigenvalue weighted by Gasteiger charge is 2.24. The molecule has 1 heterocycles. The normalized spacial score (nSPS) is 21.1. The summed E-state index contributed by atoms with van der Waals surface area (Å²) in [6.07, 6.45) is 4.96. The summed E-state index contributed by atoms with van der Waals surface area (Å²) in [4.78, 5) is 16.0. The third-order valence-corrected chi connectivity index (χ3v) is 3.69. The van der Waals surface area contributed by atoms with Gasteiger partial charge in [0.05, 0.1) is 5.56 Å². The molecule has 0 saturated heterocycles. The molecule has 1 aromatic heterocycles. The number of carbonyl (C=O) groups excluding carboxylic acids is 1. The highest BCUT2D eigenvalue weighted by Crippen LogP contribution is 2.22. The van der Waals surface area contributed by atoms with E-state index in [0.717, 1.165) is 31.5 Å². The molecule has 1 aliphatic rings. The van der Waals surface area contributed by atoms with Crippen molar-refractivity contribution in [1.82, 2.24) is 10.3 Å². The van der Waals surface area contributed by atoms with Gasteiger partial charge in [0, 0.05) is 18.3 Å². The van der Waals surface area contributed by atoms with E-state index in [2.05, 4.69) is 21.7 Å². The molecule has 124 valence electrons. The molecule has 23 heavy (non-hydrogen) atoms. The minimum Gasteiger partial charge on any atom is -0.444 e. The Morgan fingerprint density at radius 2 is 1.91 bits per heavy atom. The molecular formula is C17H24N4O2. The second-order valence-corrected chi connectivity index (χ2v) is 6.88. The van der Waals surface area contributed by atoms with Gasteiger partial charge in [-0.1, -0.05) is 0 Å². The first-order valence-corrected chi connectivity index (χ1v) is 7.98.